The van der Waals surface area contributed by atoms with Gasteiger partial charge in [0.05, 0.1) is 25.4 Å². The van der Waals surface area contributed by atoms with Crippen LogP contribution in [0.5, 0.6) is 5.75 Å². The Labute approximate surface area is 167 Å². The highest BCUT2D eigenvalue weighted by molar-refractivity contribution is 6.08. The predicted molar refractivity (Wildman–Crippen MR) is 106 cm³/mol. The van der Waals surface area contributed by atoms with Crippen molar-refractivity contribution in [3.63, 3.8) is 0 Å². The average Bonchev–Trinajstić information content (AvgIpc) is 3.22. The smallest absolute Gasteiger partial charge is 0.294 e. The minimum Gasteiger partial charge on any atom is -0.476 e. The summed E-state index contributed by atoms with van der Waals surface area (Å²) in [7, 11) is 0. The monoisotopic (exact) mass is 392 g/mol. The molecule has 3 heterocycles. The van der Waals surface area contributed by atoms with E-state index >= 15 is 0 Å². The average molecular weight is 392 g/mol. The lowest BCUT2D eigenvalue weighted by Gasteiger charge is -2.37. The molecule has 7 heteroatoms. The van der Waals surface area contributed by atoms with E-state index in [9.17, 15) is 9.59 Å². The number of hydrogen-bond acceptors (Lipinski definition) is 5. The number of fused-ring (bicyclic) bond motifs is 2. The Morgan fingerprint density at radius 3 is 2.55 bits per heavy atom. The Morgan fingerprint density at radius 1 is 0.966 bits per heavy atom. The molecule has 0 saturated carbocycles. The summed E-state index contributed by atoms with van der Waals surface area (Å²) in [4.78, 5) is 29.6. The summed E-state index contributed by atoms with van der Waals surface area (Å²) in [6, 6.07) is 16.5. The van der Waals surface area contributed by atoms with Crippen molar-refractivity contribution in [2.24, 2.45) is 0 Å². The second kappa shape index (κ2) is 7.25. The summed E-state index contributed by atoms with van der Waals surface area (Å²) in [5, 5.41) is 0.860. The maximum atomic E-state index is 13.3. The van der Waals surface area contributed by atoms with E-state index in [-0.39, 0.29) is 24.1 Å². The standard InChI is InChI=1S/C22H20N2O5/c25-21(23-9-11-27-12-10-23)20-14-24(16-6-2-4-8-18(16)29-20)22(26)19-13-15-5-1-3-7-17(15)28-19/h1-8,13,20H,9-12,14H2. The number of amides is 2. The van der Waals surface area contributed by atoms with Crippen LogP contribution in [-0.4, -0.2) is 55.7 Å². The van der Waals surface area contributed by atoms with Crippen molar-refractivity contribution >= 4 is 28.5 Å². The van der Waals surface area contributed by atoms with Gasteiger partial charge in [-0.05, 0) is 24.3 Å². The van der Waals surface area contributed by atoms with Crippen LogP contribution in [0.15, 0.2) is 59.0 Å². The summed E-state index contributed by atoms with van der Waals surface area (Å²) in [6.45, 7) is 2.20. The molecule has 2 aromatic carbocycles. The number of carbonyl (C=O) groups excluding carboxylic acids is 2. The molecule has 2 amide bonds. The fourth-order valence-electron chi connectivity index (χ4n) is 3.76. The van der Waals surface area contributed by atoms with Crippen LogP contribution in [0, 0.1) is 0 Å². The van der Waals surface area contributed by atoms with E-state index in [1.807, 2.05) is 42.5 Å². The zero-order valence-electron chi connectivity index (χ0n) is 15.7. The number of benzene rings is 2. The SMILES string of the molecule is O=C(C1CN(C(=O)c2cc3ccccc3o2)c2ccccc2O1)N1CCOCC1. The van der Waals surface area contributed by atoms with Crippen molar-refractivity contribution in [3.8, 4) is 5.75 Å². The van der Waals surface area contributed by atoms with Crippen LogP contribution in [-0.2, 0) is 9.53 Å². The molecule has 2 aliphatic rings. The summed E-state index contributed by atoms with van der Waals surface area (Å²) >= 11 is 0. The molecule has 0 spiro atoms. The molecule has 5 rings (SSSR count). The zero-order chi connectivity index (χ0) is 19.8. The van der Waals surface area contributed by atoms with Gasteiger partial charge >= 0.3 is 0 Å². The third kappa shape index (κ3) is 3.23. The minimum absolute atomic E-state index is 0.128. The van der Waals surface area contributed by atoms with Crippen LogP contribution in [0.2, 0.25) is 0 Å². The zero-order valence-corrected chi connectivity index (χ0v) is 15.7. The summed E-state index contributed by atoms with van der Waals surface area (Å²) in [5.41, 5.74) is 1.28. The molecule has 0 bridgehead atoms. The van der Waals surface area contributed by atoms with Crippen LogP contribution in [0.3, 0.4) is 0 Å². The molecule has 1 aromatic heterocycles. The Bertz CT molecular complexity index is 1040. The third-order valence-electron chi connectivity index (χ3n) is 5.25. The van der Waals surface area contributed by atoms with E-state index in [2.05, 4.69) is 0 Å². The van der Waals surface area contributed by atoms with Crippen LogP contribution < -0.4 is 9.64 Å². The fraction of sp³-hybridized carbons (Fsp3) is 0.273. The predicted octanol–water partition coefficient (Wildman–Crippen LogP) is 2.70. The highest BCUT2D eigenvalue weighted by atomic mass is 16.5. The van der Waals surface area contributed by atoms with E-state index in [0.29, 0.717) is 43.3 Å². The topological polar surface area (TPSA) is 72.2 Å². The van der Waals surface area contributed by atoms with Gasteiger partial charge in [0.15, 0.2) is 11.9 Å². The van der Waals surface area contributed by atoms with Gasteiger partial charge in [-0.2, -0.15) is 0 Å². The number of para-hydroxylation sites is 3. The van der Waals surface area contributed by atoms with E-state index < -0.39 is 6.10 Å². The van der Waals surface area contributed by atoms with Crippen LogP contribution in [0.4, 0.5) is 5.69 Å². The summed E-state index contributed by atoms with van der Waals surface area (Å²) < 4.78 is 17.1. The maximum absolute atomic E-state index is 13.3. The van der Waals surface area contributed by atoms with Crippen LogP contribution in [0.25, 0.3) is 11.0 Å². The maximum Gasteiger partial charge on any atom is 0.294 e. The molecule has 7 nitrogen and oxygen atoms in total. The molecule has 3 aromatic rings. The van der Waals surface area contributed by atoms with Gasteiger partial charge in [-0.1, -0.05) is 30.3 Å². The highest BCUT2D eigenvalue weighted by Gasteiger charge is 2.37. The first-order chi connectivity index (χ1) is 14.2. The molecule has 29 heavy (non-hydrogen) atoms. The third-order valence-corrected chi connectivity index (χ3v) is 5.25. The molecule has 1 saturated heterocycles. The number of anilines is 1. The van der Waals surface area contributed by atoms with E-state index in [0.717, 1.165) is 5.39 Å². The fourth-order valence-corrected chi connectivity index (χ4v) is 3.76. The van der Waals surface area contributed by atoms with Gasteiger partial charge in [0.2, 0.25) is 0 Å². The van der Waals surface area contributed by atoms with E-state index in [1.165, 1.54) is 0 Å². The highest BCUT2D eigenvalue weighted by Crippen LogP contribution is 2.35. The molecule has 0 N–H and O–H groups in total. The largest absolute Gasteiger partial charge is 0.476 e. The summed E-state index contributed by atoms with van der Waals surface area (Å²) in [6.07, 6.45) is -0.767. The van der Waals surface area contributed by atoms with Gasteiger partial charge in [0, 0.05) is 18.5 Å². The number of furan rings is 1. The number of carbonyl (C=O) groups is 2. The Kier molecular flexibility index (Phi) is 4.44. The quantitative estimate of drug-likeness (QED) is 0.671. The first-order valence-corrected chi connectivity index (χ1v) is 9.63. The van der Waals surface area contributed by atoms with Gasteiger partial charge < -0.3 is 18.8 Å². The number of hydrogen-bond donors (Lipinski definition) is 0. The molecule has 1 unspecified atom stereocenters. The molecule has 0 radical (unpaired) electrons. The second-order valence-electron chi connectivity index (χ2n) is 7.08. The molecular formula is C22H20N2O5. The van der Waals surface area contributed by atoms with Crippen LogP contribution in [0.1, 0.15) is 10.6 Å². The van der Waals surface area contributed by atoms with Gasteiger partial charge in [-0.3, -0.25) is 14.5 Å². The lowest BCUT2D eigenvalue weighted by Crippen LogP contribution is -2.54. The second-order valence-corrected chi connectivity index (χ2v) is 7.08. The Balaban J connectivity index is 1.47. The van der Waals surface area contributed by atoms with Gasteiger partial charge in [0.1, 0.15) is 11.3 Å². The normalized spacial score (nSPS) is 19.0. The Hall–Kier alpha value is -3.32. The van der Waals surface area contributed by atoms with Crippen molar-refractivity contribution in [1.29, 1.82) is 0 Å². The van der Waals surface area contributed by atoms with Gasteiger partial charge in [-0.25, -0.2) is 0 Å². The van der Waals surface area contributed by atoms with E-state index in [1.54, 1.807) is 21.9 Å². The summed E-state index contributed by atoms with van der Waals surface area (Å²) in [5.74, 6) is 0.317. The molecule has 1 atom stereocenters. The molecule has 0 aliphatic carbocycles. The van der Waals surface area contributed by atoms with Crippen molar-refractivity contribution in [3.05, 3.63) is 60.4 Å². The minimum atomic E-state index is -0.767. The first kappa shape index (κ1) is 17.8. The molecule has 148 valence electrons. The first-order valence-electron chi connectivity index (χ1n) is 9.63. The Morgan fingerprint density at radius 2 is 1.72 bits per heavy atom. The van der Waals surface area contributed by atoms with Crippen molar-refractivity contribution in [1.82, 2.24) is 4.90 Å². The lowest BCUT2D eigenvalue weighted by atomic mass is 10.1. The lowest BCUT2D eigenvalue weighted by molar-refractivity contribution is -0.142. The number of morpholine rings is 1. The van der Waals surface area contributed by atoms with Crippen molar-refractivity contribution < 1.29 is 23.5 Å². The molecular weight excluding hydrogens is 372 g/mol. The van der Waals surface area contributed by atoms with E-state index in [4.69, 9.17) is 13.9 Å². The van der Waals surface area contributed by atoms with Crippen LogP contribution >= 0.6 is 0 Å². The van der Waals surface area contributed by atoms with Gasteiger partial charge in [-0.15, -0.1) is 0 Å². The number of nitrogens with zero attached hydrogens (tertiary/aromatic N) is 2. The van der Waals surface area contributed by atoms with Crippen molar-refractivity contribution in [2.45, 2.75) is 6.10 Å². The number of ether oxygens (including phenoxy) is 2. The molecule has 2 aliphatic heterocycles. The number of rotatable bonds is 2. The van der Waals surface area contributed by atoms with Crippen molar-refractivity contribution in [2.75, 3.05) is 37.7 Å². The van der Waals surface area contributed by atoms with Gasteiger partial charge in [0.25, 0.3) is 11.8 Å². The molecule has 1 fully saturated rings.